The molecule has 0 spiro atoms. The molecule has 7 nitrogen and oxygen atoms in total. The standard InChI is InChI=1S/C21H32N4O3/c1-23-10-5-11-24(13-12-23)20(26)16-19-17-28-15-14-25(19)21(27)22-9-8-18-6-3-2-4-7-18/h2-4,6-7,19H,5,8-17H2,1H3,(H,22,27)/t19-/m1/s1. The van der Waals surface area contributed by atoms with Crippen LogP contribution in [0.15, 0.2) is 30.3 Å². The molecule has 3 rings (SSSR count). The second-order valence-corrected chi connectivity index (χ2v) is 7.63. The monoisotopic (exact) mass is 388 g/mol. The van der Waals surface area contributed by atoms with Crippen LogP contribution >= 0.6 is 0 Å². The molecule has 3 amide bonds. The zero-order valence-corrected chi connectivity index (χ0v) is 16.8. The van der Waals surface area contributed by atoms with Crippen LogP contribution in [0.4, 0.5) is 4.79 Å². The van der Waals surface area contributed by atoms with E-state index in [1.54, 1.807) is 4.90 Å². The minimum atomic E-state index is -0.195. The highest BCUT2D eigenvalue weighted by molar-refractivity contribution is 5.79. The van der Waals surface area contributed by atoms with Crippen LogP contribution in [0.25, 0.3) is 0 Å². The number of hydrogen-bond donors (Lipinski definition) is 1. The summed E-state index contributed by atoms with van der Waals surface area (Å²) in [4.78, 5) is 31.4. The SMILES string of the molecule is CN1CCCN(C(=O)C[C@@H]2COCCN2C(=O)NCCc2ccccc2)CC1. The molecule has 7 heteroatoms. The van der Waals surface area contributed by atoms with Crippen molar-refractivity contribution in [1.82, 2.24) is 20.0 Å². The van der Waals surface area contributed by atoms with Gasteiger partial charge in [-0.05, 0) is 32.0 Å². The van der Waals surface area contributed by atoms with Crippen molar-refractivity contribution in [3.8, 4) is 0 Å². The van der Waals surface area contributed by atoms with E-state index in [9.17, 15) is 9.59 Å². The fourth-order valence-corrected chi connectivity index (χ4v) is 3.78. The van der Waals surface area contributed by atoms with Gasteiger partial charge in [-0.1, -0.05) is 30.3 Å². The summed E-state index contributed by atoms with van der Waals surface area (Å²) in [6.45, 7) is 5.52. The maximum absolute atomic E-state index is 12.8. The Hall–Kier alpha value is -2.12. The van der Waals surface area contributed by atoms with Crippen molar-refractivity contribution in [1.29, 1.82) is 0 Å². The van der Waals surface area contributed by atoms with Gasteiger partial charge in [0.05, 0.1) is 19.3 Å². The van der Waals surface area contributed by atoms with Crippen molar-refractivity contribution in [2.75, 3.05) is 59.5 Å². The number of likely N-dealkylation sites (N-methyl/N-ethyl adjacent to an activating group) is 1. The number of ether oxygens (including phenoxy) is 1. The molecule has 154 valence electrons. The van der Waals surface area contributed by atoms with Crippen molar-refractivity contribution in [3.05, 3.63) is 35.9 Å². The summed E-state index contributed by atoms with van der Waals surface area (Å²) in [6.07, 6.45) is 2.12. The molecule has 1 aromatic carbocycles. The summed E-state index contributed by atoms with van der Waals surface area (Å²) in [7, 11) is 2.09. The molecule has 1 aromatic rings. The molecule has 2 aliphatic rings. The van der Waals surface area contributed by atoms with Gasteiger partial charge < -0.3 is 24.8 Å². The van der Waals surface area contributed by atoms with E-state index >= 15 is 0 Å². The van der Waals surface area contributed by atoms with Crippen LogP contribution in [0.1, 0.15) is 18.4 Å². The van der Waals surface area contributed by atoms with Crippen molar-refractivity contribution >= 4 is 11.9 Å². The molecule has 0 bridgehead atoms. The third-order valence-corrected chi connectivity index (χ3v) is 5.50. The first kappa shape index (κ1) is 20.6. The van der Waals surface area contributed by atoms with Gasteiger partial charge in [0, 0.05) is 39.1 Å². The van der Waals surface area contributed by atoms with E-state index in [-0.39, 0.29) is 18.0 Å². The van der Waals surface area contributed by atoms with Gasteiger partial charge in [-0.3, -0.25) is 4.79 Å². The fourth-order valence-electron chi connectivity index (χ4n) is 3.78. The van der Waals surface area contributed by atoms with E-state index < -0.39 is 0 Å². The average molecular weight is 389 g/mol. The lowest BCUT2D eigenvalue weighted by Gasteiger charge is -2.36. The van der Waals surface area contributed by atoms with Crippen LogP contribution in [0.5, 0.6) is 0 Å². The number of carbonyl (C=O) groups excluding carboxylic acids is 2. The Morgan fingerprint density at radius 1 is 1.11 bits per heavy atom. The second-order valence-electron chi connectivity index (χ2n) is 7.63. The van der Waals surface area contributed by atoms with Crippen LogP contribution in [0.2, 0.25) is 0 Å². The molecule has 0 aromatic heterocycles. The predicted molar refractivity (Wildman–Crippen MR) is 108 cm³/mol. The average Bonchev–Trinajstić information content (AvgIpc) is 2.93. The number of carbonyl (C=O) groups is 2. The lowest BCUT2D eigenvalue weighted by Crippen LogP contribution is -2.54. The number of nitrogens with zero attached hydrogens (tertiary/aromatic N) is 3. The Morgan fingerprint density at radius 2 is 1.93 bits per heavy atom. The van der Waals surface area contributed by atoms with Gasteiger partial charge in [-0.15, -0.1) is 0 Å². The fraction of sp³-hybridized carbons (Fsp3) is 0.619. The van der Waals surface area contributed by atoms with Crippen molar-refractivity contribution in [3.63, 3.8) is 0 Å². The summed E-state index contributed by atoms with van der Waals surface area (Å²) >= 11 is 0. The topological polar surface area (TPSA) is 65.1 Å². The van der Waals surface area contributed by atoms with Gasteiger partial charge in [0.15, 0.2) is 0 Å². The Morgan fingerprint density at radius 3 is 2.75 bits per heavy atom. The zero-order valence-electron chi connectivity index (χ0n) is 16.8. The summed E-state index contributed by atoms with van der Waals surface area (Å²) in [5.41, 5.74) is 1.20. The van der Waals surface area contributed by atoms with Crippen molar-refractivity contribution in [2.24, 2.45) is 0 Å². The highest BCUT2D eigenvalue weighted by atomic mass is 16.5. The molecule has 1 N–H and O–H groups in total. The van der Waals surface area contributed by atoms with E-state index in [1.165, 1.54) is 5.56 Å². The van der Waals surface area contributed by atoms with E-state index in [0.717, 1.165) is 39.0 Å². The Bertz CT molecular complexity index is 640. The molecular weight excluding hydrogens is 356 g/mol. The number of urea groups is 1. The zero-order chi connectivity index (χ0) is 19.8. The quantitative estimate of drug-likeness (QED) is 0.823. The summed E-state index contributed by atoms with van der Waals surface area (Å²) in [6, 6.07) is 9.80. The number of nitrogens with one attached hydrogen (secondary N) is 1. The van der Waals surface area contributed by atoms with Crippen LogP contribution in [0.3, 0.4) is 0 Å². The van der Waals surface area contributed by atoms with Gasteiger partial charge in [0.2, 0.25) is 5.91 Å². The molecule has 0 radical (unpaired) electrons. The molecular formula is C21H32N4O3. The van der Waals surface area contributed by atoms with Gasteiger partial charge in [0.1, 0.15) is 0 Å². The van der Waals surface area contributed by atoms with Crippen molar-refractivity contribution in [2.45, 2.75) is 25.3 Å². The third-order valence-electron chi connectivity index (χ3n) is 5.50. The highest BCUT2D eigenvalue weighted by Crippen LogP contribution is 2.14. The molecule has 2 aliphatic heterocycles. The summed E-state index contributed by atoms with van der Waals surface area (Å²) in [5, 5.41) is 3.00. The first-order valence-electron chi connectivity index (χ1n) is 10.3. The first-order chi connectivity index (χ1) is 13.6. The minimum Gasteiger partial charge on any atom is -0.377 e. The van der Waals surface area contributed by atoms with E-state index in [2.05, 4.69) is 29.4 Å². The molecule has 1 atom stereocenters. The number of morpholine rings is 1. The summed E-state index contributed by atoms with van der Waals surface area (Å²) < 4.78 is 5.57. The number of amides is 3. The first-order valence-corrected chi connectivity index (χ1v) is 10.3. The lowest BCUT2D eigenvalue weighted by molar-refractivity contribution is -0.133. The normalized spacial score (nSPS) is 21.2. The van der Waals surface area contributed by atoms with Crippen molar-refractivity contribution < 1.29 is 14.3 Å². The second kappa shape index (κ2) is 10.4. The molecule has 0 unspecified atom stereocenters. The Balaban J connectivity index is 1.49. The van der Waals surface area contributed by atoms with Crippen LogP contribution < -0.4 is 5.32 Å². The smallest absolute Gasteiger partial charge is 0.317 e. The third kappa shape index (κ3) is 5.94. The molecule has 2 saturated heterocycles. The Labute approximate surface area is 167 Å². The van der Waals surface area contributed by atoms with Crippen LogP contribution in [0, 0.1) is 0 Å². The minimum absolute atomic E-state index is 0.104. The molecule has 2 fully saturated rings. The van der Waals surface area contributed by atoms with Gasteiger partial charge in [0.25, 0.3) is 0 Å². The molecule has 2 heterocycles. The molecule has 0 saturated carbocycles. The van der Waals surface area contributed by atoms with Crippen LogP contribution in [-0.2, 0) is 16.0 Å². The highest BCUT2D eigenvalue weighted by Gasteiger charge is 2.30. The van der Waals surface area contributed by atoms with Gasteiger partial charge in [-0.2, -0.15) is 0 Å². The lowest BCUT2D eigenvalue weighted by atomic mass is 10.1. The van der Waals surface area contributed by atoms with Gasteiger partial charge in [-0.25, -0.2) is 4.79 Å². The number of benzene rings is 1. The van der Waals surface area contributed by atoms with Gasteiger partial charge >= 0.3 is 6.03 Å². The molecule has 28 heavy (non-hydrogen) atoms. The molecule has 0 aliphatic carbocycles. The maximum atomic E-state index is 12.8. The maximum Gasteiger partial charge on any atom is 0.317 e. The van der Waals surface area contributed by atoms with E-state index in [0.29, 0.717) is 32.7 Å². The van der Waals surface area contributed by atoms with E-state index in [4.69, 9.17) is 4.74 Å². The predicted octanol–water partition coefficient (Wildman–Crippen LogP) is 1.19. The van der Waals surface area contributed by atoms with E-state index in [1.807, 2.05) is 23.1 Å². The Kier molecular flexibility index (Phi) is 7.68. The van der Waals surface area contributed by atoms with Crippen LogP contribution in [-0.4, -0.2) is 92.2 Å². The summed E-state index contributed by atoms with van der Waals surface area (Å²) in [5.74, 6) is 0.118. The number of hydrogen-bond acceptors (Lipinski definition) is 4. The number of rotatable bonds is 5. The largest absolute Gasteiger partial charge is 0.377 e.